The minimum absolute atomic E-state index is 0.116. The Kier molecular flexibility index (Phi) is 9.14. The van der Waals surface area contributed by atoms with Crippen LogP contribution in [0.5, 0.6) is 0 Å². The average Bonchev–Trinajstić information content (AvgIpc) is 2.87. The van der Waals surface area contributed by atoms with Crippen LogP contribution in [0.25, 0.3) is 0 Å². The molecule has 180 valence electrons. The van der Waals surface area contributed by atoms with Gasteiger partial charge in [-0.1, -0.05) is 60.2 Å². The molecule has 3 rings (SSSR count). The average molecular weight is 491 g/mol. The van der Waals surface area contributed by atoms with E-state index in [0.29, 0.717) is 17.2 Å². The van der Waals surface area contributed by atoms with Crippen molar-refractivity contribution in [3.05, 3.63) is 111 Å². The normalized spacial score (nSPS) is 12.0. The second-order valence-corrected chi connectivity index (χ2v) is 8.90. The number of non-ortho nitro benzene ring substituents is 1. The van der Waals surface area contributed by atoms with Crippen molar-refractivity contribution in [3.8, 4) is 0 Å². The van der Waals surface area contributed by atoms with E-state index in [1.165, 1.54) is 36.0 Å². The van der Waals surface area contributed by atoms with Gasteiger partial charge in [0.1, 0.15) is 6.04 Å². The third-order valence-corrected chi connectivity index (χ3v) is 6.27. The molecule has 1 unspecified atom stereocenters. The quantitative estimate of drug-likeness (QED) is 0.247. The zero-order valence-electron chi connectivity index (χ0n) is 19.4. The van der Waals surface area contributed by atoms with Crippen molar-refractivity contribution in [1.82, 2.24) is 10.7 Å². The van der Waals surface area contributed by atoms with Crippen LogP contribution in [0.4, 0.5) is 5.69 Å². The second kappa shape index (κ2) is 12.5. The van der Waals surface area contributed by atoms with Crippen LogP contribution in [0.15, 0.2) is 84.0 Å². The highest BCUT2D eigenvalue weighted by Crippen LogP contribution is 2.15. The Morgan fingerprint density at radius 1 is 0.971 bits per heavy atom. The van der Waals surface area contributed by atoms with Crippen LogP contribution in [0, 0.1) is 17.0 Å². The van der Waals surface area contributed by atoms with Crippen LogP contribution in [0.3, 0.4) is 0 Å². The number of carbonyl (C=O) groups excluding carboxylic acids is 2. The summed E-state index contributed by atoms with van der Waals surface area (Å²) in [6.45, 7) is 3.78. The maximum atomic E-state index is 13.0. The van der Waals surface area contributed by atoms with Crippen molar-refractivity contribution in [2.75, 3.05) is 5.75 Å². The van der Waals surface area contributed by atoms with Gasteiger partial charge in [0.25, 0.3) is 17.5 Å². The van der Waals surface area contributed by atoms with Crippen LogP contribution in [0.1, 0.15) is 34.0 Å². The molecule has 0 fully saturated rings. The van der Waals surface area contributed by atoms with E-state index in [0.717, 1.165) is 16.7 Å². The van der Waals surface area contributed by atoms with Gasteiger partial charge in [-0.2, -0.15) is 16.9 Å². The fourth-order valence-electron chi connectivity index (χ4n) is 3.10. The Morgan fingerprint density at radius 3 is 2.23 bits per heavy atom. The molecule has 0 aliphatic rings. The number of carbonyl (C=O) groups is 2. The number of hydrogen-bond acceptors (Lipinski definition) is 6. The third-order valence-electron chi connectivity index (χ3n) is 5.16. The van der Waals surface area contributed by atoms with Gasteiger partial charge < -0.3 is 5.32 Å². The number of amides is 2. The van der Waals surface area contributed by atoms with Crippen molar-refractivity contribution in [3.63, 3.8) is 0 Å². The molecule has 2 N–H and O–H groups in total. The summed E-state index contributed by atoms with van der Waals surface area (Å²) < 4.78 is 0. The summed E-state index contributed by atoms with van der Waals surface area (Å²) in [6.07, 6.45) is 0. The third kappa shape index (κ3) is 7.79. The Morgan fingerprint density at radius 2 is 1.60 bits per heavy atom. The van der Waals surface area contributed by atoms with Crippen LogP contribution >= 0.6 is 11.8 Å². The molecule has 9 heteroatoms. The van der Waals surface area contributed by atoms with Crippen LogP contribution in [0.2, 0.25) is 0 Å². The van der Waals surface area contributed by atoms with Gasteiger partial charge in [0.05, 0.1) is 10.6 Å². The zero-order valence-corrected chi connectivity index (χ0v) is 20.2. The minimum Gasteiger partial charge on any atom is -0.339 e. The number of nitro benzene ring substituents is 1. The number of nitrogens with zero attached hydrogens (tertiary/aromatic N) is 2. The lowest BCUT2D eigenvalue weighted by molar-refractivity contribution is -0.384. The molecule has 3 aromatic carbocycles. The Labute approximate surface area is 208 Å². The number of aryl methyl sites for hydroxylation is 1. The molecule has 1 atom stereocenters. The molecule has 35 heavy (non-hydrogen) atoms. The summed E-state index contributed by atoms with van der Waals surface area (Å²) in [5, 5.41) is 17.8. The molecule has 8 nitrogen and oxygen atoms in total. The number of hydrogen-bond donors (Lipinski definition) is 2. The highest BCUT2D eigenvalue weighted by atomic mass is 32.2. The summed E-state index contributed by atoms with van der Waals surface area (Å²) in [4.78, 5) is 36.0. The molecule has 0 heterocycles. The summed E-state index contributed by atoms with van der Waals surface area (Å²) in [5.41, 5.74) is 6.40. The van der Waals surface area contributed by atoms with Gasteiger partial charge in [-0.15, -0.1) is 0 Å². The molecule has 0 radical (unpaired) electrons. The fraction of sp³-hybridized carbons (Fsp3) is 0.192. The van der Waals surface area contributed by atoms with E-state index in [4.69, 9.17) is 0 Å². The van der Waals surface area contributed by atoms with Gasteiger partial charge in [0, 0.05) is 29.2 Å². The van der Waals surface area contributed by atoms with Gasteiger partial charge in [-0.3, -0.25) is 19.7 Å². The van der Waals surface area contributed by atoms with E-state index in [1.54, 1.807) is 6.92 Å². The number of hydrazone groups is 1. The summed E-state index contributed by atoms with van der Waals surface area (Å²) >= 11 is 1.51. The largest absolute Gasteiger partial charge is 0.339 e. The van der Waals surface area contributed by atoms with Crippen LogP contribution in [-0.2, 0) is 10.5 Å². The molecule has 0 bridgehead atoms. The molecule has 2 amide bonds. The van der Waals surface area contributed by atoms with Crippen molar-refractivity contribution < 1.29 is 14.5 Å². The lowest BCUT2D eigenvalue weighted by Crippen LogP contribution is -2.47. The SMILES string of the molecule is CC(=NNC(=O)C(CSCc1ccccc1)NC(=O)c1ccc([N+](=O)[O-])cc1)c1ccc(C)cc1. The molecular weight excluding hydrogens is 464 g/mol. The molecular formula is C26H26N4O4S. The Hall–Kier alpha value is -3.98. The highest BCUT2D eigenvalue weighted by Gasteiger charge is 2.22. The smallest absolute Gasteiger partial charge is 0.269 e. The fourth-order valence-corrected chi connectivity index (χ4v) is 4.12. The van der Waals surface area contributed by atoms with E-state index in [9.17, 15) is 19.7 Å². The predicted octanol–water partition coefficient (Wildman–Crippen LogP) is 4.48. The van der Waals surface area contributed by atoms with E-state index in [1.807, 2.05) is 61.5 Å². The van der Waals surface area contributed by atoms with Gasteiger partial charge in [-0.25, -0.2) is 5.43 Å². The predicted molar refractivity (Wildman–Crippen MR) is 138 cm³/mol. The summed E-state index contributed by atoms with van der Waals surface area (Å²) in [5.74, 6) is 0.0364. The number of thioether (sulfide) groups is 1. The number of rotatable bonds is 10. The molecule has 0 aromatic heterocycles. The zero-order chi connectivity index (χ0) is 25.2. The number of nitrogens with one attached hydrogen (secondary N) is 2. The monoisotopic (exact) mass is 490 g/mol. The maximum absolute atomic E-state index is 13.0. The highest BCUT2D eigenvalue weighted by molar-refractivity contribution is 7.98. The van der Waals surface area contributed by atoms with Gasteiger partial charge >= 0.3 is 0 Å². The Balaban J connectivity index is 1.69. The van der Waals surface area contributed by atoms with E-state index in [-0.39, 0.29) is 11.3 Å². The van der Waals surface area contributed by atoms with E-state index in [2.05, 4.69) is 15.8 Å². The first kappa shape index (κ1) is 25.6. The second-order valence-electron chi connectivity index (χ2n) is 7.87. The molecule has 0 spiro atoms. The molecule has 3 aromatic rings. The van der Waals surface area contributed by atoms with Crippen molar-refractivity contribution in [1.29, 1.82) is 0 Å². The number of nitro groups is 1. The van der Waals surface area contributed by atoms with Crippen molar-refractivity contribution in [2.24, 2.45) is 5.10 Å². The summed E-state index contributed by atoms with van der Waals surface area (Å²) in [6, 6.07) is 21.9. The number of benzene rings is 3. The van der Waals surface area contributed by atoms with Crippen LogP contribution in [-0.4, -0.2) is 34.2 Å². The minimum atomic E-state index is -0.860. The molecule has 0 saturated carbocycles. The first-order valence-electron chi connectivity index (χ1n) is 10.9. The van der Waals surface area contributed by atoms with Crippen molar-refractivity contribution >= 4 is 35.0 Å². The lowest BCUT2D eigenvalue weighted by Gasteiger charge is -2.17. The Bertz CT molecular complexity index is 1200. The first-order chi connectivity index (χ1) is 16.8. The molecule has 0 saturated heterocycles. The van der Waals surface area contributed by atoms with Crippen LogP contribution < -0.4 is 10.7 Å². The van der Waals surface area contributed by atoms with Gasteiger partial charge in [-0.05, 0) is 37.1 Å². The lowest BCUT2D eigenvalue weighted by atomic mass is 10.1. The topological polar surface area (TPSA) is 114 Å². The first-order valence-corrected chi connectivity index (χ1v) is 12.1. The van der Waals surface area contributed by atoms with Gasteiger partial charge in [0.2, 0.25) is 0 Å². The van der Waals surface area contributed by atoms with Gasteiger partial charge in [0.15, 0.2) is 0 Å². The summed E-state index contributed by atoms with van der Waals surface area (Å²) in [7, 11) is 0. The van der Waals surface area contributed by atoms with E-state index >= 15 is 0 Å². The molecule has 0 aliphatic heterocycles. The maximum Gasteiger partial charge on any atom is 0.269 e. The van der Waals surface area contributed by atoms with E-state index < -0.39 is 22.8 Å². The van der Waals surface area contributed by atoms with Crippen molar-refractivity contribution in [2.45, 2.75) is 25.6 Å². The molecule has 0 aliphatic carbocycles. The standard InChI is InChI=1S/C26H26N4O4S/c1-18-8-10-21(11-9-18)19(2)28-29-26(32)24(17-35-16-20-6-4-3-5-7-20)27-25(31)22-12-14-23(15-13-22)30(33)34/h3-15,24H,16-17H2,1-2H3,(H,27,31)(H,29,32).